The first kappa shape index (κ1) is 14.1. The van der Waals surface area contributed by atoms with Gasteiger partial charge in [-0.15, -0.1) is 0 Å². The Morgan fingerprint density at radius 2 is 1.33 bits per heavy atom. The Bertz CT molecular complexity index is 249. The van der Waals surface area contributed by atoms with Crippen LogP contribution in [0.25, 0.3) is 0 Å². The molecule has 0 nitrogen and oxygen atoms in total. The van der Waals surface area contributed by atoms with E-state index in [0.717, 1.165) is 25.7 Å². The molecular weight excluding hydrogens is 244 g/mol. The Kier molecular flexibility index (Phi) is 4.54. The number of halogens is 4. The molecule has 0 aromatic carbocycles. The third kappa shape index (κ3) is 3.00. The molecule has 0 aromatic heterocycles. The zero-order valence-electron chi connectivity index (χ0n) is 10.8. The maximum atomic E-state index is 13.7. The maximum absolute atomic E-state index is 13.7. The Morgan fingerprint density at radius 1 is 0.833 bits per heavy atom. The predicted octanol–water partition coefficient (Wildman–Crippen LogP) is 4.78. The molecule has 0 amide bonds. The lowest BCUT2D eigenvalue weighted by Gasteiger charge is -2.40. The fourth-order valence-electron chi connectivity index (χ4n) is 3.67. The summed E-state index contributed by atoms with van der Waals surface area (Å²) in [5, 5.41) is 0. The molecule has 106 valence electrons. The van der Waals surface area contributed by atoms with Crippen LogP contribution in [0.5, 0.6) is 0 Å². The molecule has 0 N–H and O–H groups in total. The maximum Gasteiger partial charge on any atom is 0.247 e. The van der Waals surface area contributed by atoms with Crippen molar-refractivity contribution in [1.29, 1.82) is 0 Å². The number of rotatable bonds is 2. The first-order chi connectivity index (χ1) is 8.49. The van der Waals surface area contributed by atoms with Gasteiger partial charge in [-0.1, -0.05) is 19.8 Å². The van der Waals surface area contributed by atoms with Gasteiger partial charge in [0.05, 0.1) is 5.92 Å². The van der Waals surface area contributed by atoms with E-state index in [0.29, 0.717) is 11.8 Å². The van der Waals surface area contributed by atoms with Crippen LogP contribution in [0.4, 0.5) is 17.6 Å². The van der Waals surface area contributed by atoms with Gasteiger partial charge < -0.3 is 0 Å². The Morgan fingerprint density at radius 3 is 1.78 bits per heavy atom. The minimum Gasteiger partial charge on any atom is -0.247 e. The van der Waals surface area contributed by atoms with E-state index in [9.17, 15) is 17.6 Å². The predicted molar refractivity (Wildman–Crippen MR) is 63.1 cm³/mol. The van der Waals surface area contributed by atoms with E-state index in [1.165, 1.54) is 0 Å². The fourth-order valence-corrected chi connectivity index (χ4v) is 3.67. The van der Waals surface area contributed by atoms with Gasteiger partial charge in [-0.2, -0.15) is 0 Å². The van der Waals surface area contributed by atoms with Crippen LogP contribution in [-0.2, 0) is 0 Å². The summed E-state index contributed by atoms with van der Waals surface area (Å²) in [7, 11) is 0. The molecule has 0 bridgehead atoms. The zero-order chi connectivity index (χ0) is 13.3. The summed E-state index contributed by atoms with van der Waals surface area (Å²) < 4.78 is 52.5. The SMILES string of the molecule is CC1CCC(C2CC(F)C(C(F)F)C(F)C2)CC1. The monoisotopic (exact) mass is 266 g/mol. The van der Waals surface area contributed by atoms with Crippen LogP contribution >= 0.6 is 0 Å². The molecule has 2 saturated carbocycles. The second kappa shape index (κ2) is 5.79. The molecule has 0 aliphatic heterocycles. The van der Waals surface area contributed by atoms with Crippen LogP contribution in [0.1, 0.15) is 45.4 Å². The average molecular weight is 266 g/mol. The lowest BCUT2D eigenvalue weighted by Crippen LogP contribution is -2.42. The van der Waals surface area contributed by atoms with Gasteiger partial charge in [0.2, 0.25) is 6.43 Å². The topological polar surface area (TPSA) is 0 Å². The Labute approximate surface area is 106 Å². The van der Waals surface area contributed by atoms with E-state index in [1.54, 1.807) is 0 Å². The lowest BCUT2D eigenvalue weighted by atomic mass is 9.68. The van der Waals surface area contributed by atoms with Gasteiger partial charge in [0, 0.05) is 0 Å². The molecule has 0 spiro atoms. The average Bonchev–Trinajstić information content (AvgIpc) is 2.28. The second-order valence-corrected chi connectivity index (χ2v) is 6.20. The molecular formula is C14H22F4. The summed E-state index contributed by atoms with van der Waals surface area (Å²) in [4.78, 5) is 0. The summed E-state index contributed by atoms with van der Waals surface area (Å²) in [6, 6.07) is 0. The van der Waals surface area contributed by atoms with E-state index < -0.39 is 24.7 Å². The van der Waals surface area contributed by atoms with E-state index in [2.05, 4.69) is 6.92 Å². The number of hydrogen-bond donors (Lipinski definition) is 0. The van der Waals surface area contributed by atoms with Gasteiger partial charge in [-0.3, -0.25) is 0 Å². The molecule has 0 saturated heterocycles. The van der Waals surface area contributed by atoms with Crippen molar-refractivity contribution in [2.75, 3.05) is 0 Å². The van der Waals surface area contributed by atoms with Crippen molar-refractivity contribution < 1.29 is 17.6 Å². The molecule has 4 heteroatoms. The van der Waals surface area contributed by atoms with E-state index in [1.807, 2.05) is 0 Å². The smallest absolute Gasteiger partial charge is 0.247 e. The van der Waals surface area contributed by atoms with Gasteiger partial charge in [0.1, 0.15) is 12.3 Å². The van der Waals surface area contributed by atoms with Crippen molar-refractivity contribution in [2.45, 2.75) is 64.2 Å². The van der Waals surface area contributed by atoms with Crippen molar-refractivity contribution in [3.8, 4) is 0 Å². The number of hydrogen-bond acceptors (Lipinski definition) is 0. The fraction of sp³-hybridized carbons (Fsp3) is 1.00. The summed E-state index contributed by atoms with van der Waals surface area (Å²) in [5.41, 5.74) is 0. The molecule has 2 fully saturated rings. The van der Waals surface area contributed by atoms with Crippen LogP contribution in [0.2, 0.25) is 0 Å². The largest absolute Gasteiger partial charge is 0.247 e. The number of alkyl halides is 4. The summed E-state index contributed by atoms with van der Waals surface area (Å²) >= 11 is 0. The first-order valence-electron chi connectivity index (χ1n) is 7.05. The van der Waals surface area contributed by atoms with Gasteiger partial charge in [-0.05, 0) is 43.4 Å². The van der Waals surface area contributed by atoms with E-state index in [4.69, 9.17) is 0 Å². The molecule has 2 aliphatic rings. The van der Waals surface area contributed by atoms with Crippen molar-refractivity contribution in [3.63, 3.8) is 0 Å². The van der Waals surface area contributed by atoms with Gasteiger partial charge in [0.15, 0.2) is 0 Å². The van der Waals surface area contributed by atoms with Crippen LogP contribution in [0, 0.1) is 23.7 Å². The van der Waals surface area contributed by atoms with Crippen LogP contribution in [0.3, 0.4) is 0 Å². The molecule has 2 unspecified atom stereocenters. The second-order valence-electron chi connectivity index (χ2n) is 6.20. The minimum absolute atomic E-state index is 0.0301. The first-order valence-corrected chi connectivity index (χ1v) is 7.05. The highest BCUT2D eigenvalue weighted by Crippen LogP contribution is 2.44. The van der Waals surface area contributed by atoms with Crippen LogP contribution in [-0.4, -0.2) is 18.8 Å². The summed E-state index contributed by atoms with van der Waals surface area (Å²) in [6.07, 6.45) is -1.72. The van der Waals surface area contributed by atoms with Gasteiger partial charge in [0.25, 0.3) is 0 Å². The summed E-state index contributed by atoms with van der Waals surface area (Å²) in [5.74, 6) is -0.682. The van der Waals surface area contributed by atoms with Crippen molar-refractivity contribution in [1.82, 2.24) is 0 Å². The van der Waals surface area contributed by atoms with Gasteiger partial charge in [-0.25, -0.2) is 17.6 Å². The third-order valence-corrected chi connectivity index (χ3v) is 4.91. The van der Waals surface area contributed by atoms with E-state index >= 15 is 0 Å². The van der Waals surface area contributed by atoms with Crippen molar-refractivity contribution >= 4 is 0 Å². The highest BCUT2D eigenvalue weighted by atomic mass is 19.3. The van der Waals surface area contributed by atoms with Crippen molar-refractivity contribution in [2.24, 2.45) is 23.7 Å². The van der Waals surface area contributed by atoms with Crippen LogP contribution < -0.4 is 0 Å². The van der Waals surface area contributed by atoms with Crippen LogP contribution in [0.15, 0.2) is 0 Å². The molecule has 2 atom stereocenters. The highest BCUT2D eigenvalue weighted by molar-refractivity contribution is 4.91. The third-order valence-electron chi connectivity index (χ3n) is 4.91. The molecule has 0 radical (unpaired) electrons. The Balaban J connectivity index is 1.93. The molecule has 18 heavy (non-hydrogen) atoms. The zero-order valence-corrected chi connectivity index (χ0v) is 10.8. The molecule has 0 heterocycles. The minimum atomic E-state index is -2.87. The summed E-state index contributed by atoms with van der Waals surface area (Å²) in [6.45, 7) is 2.19. The van der Waals surface area contributed by atoms with E-state index in [-0.39, 0.29) is 18.8 Å². The normalized spacial score (nSPS) is 46.3. The molecule has 2 aliphatic carbocycles. The van der Waals surface area contributed by atoms with Gasteiger partial charge >= 0.3 is 0 Å². The highest BCUT2D eigenvalue weighted by Gasteiger charge is 2.45. The quantitative estimate of drug-likeness (QED) is 0.631. The molecule has 0 aromatic rings. The van der Waals surface area contributed by atoms with Crippen molar-refractivity contribution in [3.05, 3.63) is 0 Å². The molecule has 2 rings (SSSR count). The standard InChI is InChI=1S/C14H22F4/c1-8-2-4-9(5-3-8)10-6-11(15)13(14(17)18)12(16)7-10/h8-14H,2-7H2,1H3. The Hall–Kier alpha value is -0.280. The lowest BCUT2D eigenvalue weighted by molar-refractivity contribution is -0.0636.